The SMILES string of the molecule is C=C(COC1OC(CO)C(O)C(O)C1O)OC1CC2OCC2(O)C2[C@H](C)C3(O)CC(OC(=O)C(O)C(NC(=O)OC(C)(C)C)c4ccccc4)C(C)=C(C(O)C(=O)[C@]12C)C3(C)C.[Ac]. The van der Waals surface area contributed by atoms with E-state index in [9.17, 15) is 50.4 Å². The number of carbonyl (C=O) groups excluding carboxylic acids is 3. The maximum absolute atomic E-state index is 15.1. The Morgan fingerprint density at radius 2 is 1.65 bits per heavy atom. The molecule has 0 spiro atoms. The van der Waals surface area contributed by atoms with E-state index in [1.807, 2.05) is 0 Å². The van der Waals surface area contributed by atoms with Crippen molar-refractivity contribution in [3.8, 4) is 0 Å². The zero-order valence-electron chi connectivity index (χ0n) is 37.0. The van der Waals surface area contributed by atoms with Crippen LogP contribution in [0.5, 0.6) is 0 Å². The molecule has 2 saturated heterocycles. The molecule has 19 heteroatoms. The first-order chi connectivity index (χ1) is 28.7. The van der Waals surface area contributed by atoms with Gasteiger partial charge < -0.3 is 74.6 Å². The molecule has 349 valence electrons. The molecular weight excluding hydrogens is 1040 g/mol. The van der Waals surface area contributed by atoms with Gasteiger partial charge in [0, 0.05) is 68.2 Å². The Kier molecular flexibility index (Phi) is 15.6. The molecular formula is C44H63AcNO17. The van der Waals surface area contributed by atoms with E-state index in [1.54, 1.807) is 85.7 Å². The molecule has 2 aliphatic heterocycles. The van der Waals surface area contributed by atoms with Crippen LogP contribution < -0.4 is 5.32 Å². The number of amides is 1. The molecule has 1 aromatic rings. The van der Waals surface area contributed by atoms with Gasteiger partial charge in [0.1, 0.15) is 66.3 Å². The van der Waals surface area contributed by atoms with Crippen molar-refractivity contribution < 1.29 is 128 Å². The first kappa shape index (κ1) is 51.9. The van der Waals surface area contributed by atoms with Gasteiger partial charge in [-0.2, -0.15) is 0 Å². The summed E-state index contributed by atoms with van der Waals surface area (Å²) >= 11 is 0. The normalized spacial score (nSPS) is 39.4. The molecule has 18 nitrogen and oxygen atoms in total. The van der Waals surface area contributed by atoms with Crippen LogP contribution in [-0.2, 0) is 38.0 Å². The van der Waals surface area contributed by atoms with Crippen molar-refractivity contribution in [2.75, 3.05) is 19.8 Å². The van der Waals surface area contributed by atoms with Gasteiger partial charge in [-0.05, 0) is 57.2 Å². The van der Waals surface area contributed by atoms with Crippen LogP contribution in [0.15, 0.2) is 53.8 Å². The predicted molar refractivity (Wildman–Crippen MR) is 215 cm³/mol. The molecule has 2 heterocycles. The third kappa shape index (κ3) is 9.18. The molecule has 16 atom stereocenters. The molecule has 1 radical (unpaired) electrons. The fourth-order valence-electron chi connectivity index (χ4n) is 10.7. The maximum Gasteiger partial charge on any atom is 0.408 e. The summed E-state index contributed by atoms with van der Waals surface area (Å²) in [6.07, 6.45) is -16.2. The number of esters is 1. The van der Waals surface area contributed by atoms with Crippen LogP contribution in [0.25, 0.3) is 0 Å². The van der Waals surface area contributed by atoms with Gasteiger partial charge in [-0.25, -0.2) is 9.59 Å². The second kappa shape index (κ2) is 18.9. The van der Waals surface area contributed by atoms with Crippen LogP contribution in [0, 0.1) is 66.7 Å². The molecule has 14 unspecified atom stereocenters. The first-order valence-electron chi connectivity index (χ1n) is 20.9. The van der Waals surface area contributed by atoms with E-state index in [4.69, 9.17) is 28.4 Å². The number of carbonyl (C=O) groups is 3. The Hall–Kier alpha value is -2.09. The zero-order valence-corrected chi connectivity index (χ0v) is 41.7. The summed E-state index contributed by atoms with van der Waals surface area (Å²) in [4.78, 5) is 42.0. The molecule has 6 rings (SSSR count). The molecule has 4 fully saturated rings. The minimum absolute atomic E-state index is 0. The van der Waals surface area contributed by atoms with E-state index in [2.05, 4.69) is 11.9 Å². The summed E-state index contributed by atoms with van der Waals surface area (Å²) in [6.45, 7) is 15.7. The number of hydrogen-bond donors (Lipinski definition) is 9. The number of Topliss-reactive ketones (excluding diaryl/α,β-unsaturated/α-hetero) is 1. The Bertz CT molecular complexity index is 1910. The molecule has 0 aromatic heterocycles. The standard InChI is InChI=1S/C44H63NO17.Ac/c1-20(18-57-38-34(51)33(50)30(47)25(17-46)61-38)59-26-15-27-43(55,19-58-27)35-22(3)44(56)16-24(21(2)28(41(44,7)8)31(48)36(52)42(26,35)9)60-37(53)32(49)29(23-13-11-10-12-14-23)45-39(54)62-40(4,5)6;/h10-14,22,24-27,29-35,38,46-51,55-56H,1,15-19H2,2-9H3,(H,45,54);/t22-,24?,25?,26?,27?,29?,30?,31?,32?,33?,34?,35?,38?,42+,43?,44?;/m0./s1. The van der Waals surface area contributed by atoms with Crippen LogP contribution in [0.3, 0.4) is 0 Å². The van der Waals surface area contributed by atoms with Gasteiger partial charge in [0.05, 0.1) is 36.4 Å². The minimum Gasteiger partial charge on any atom is -0.492 e. The average Bonchev–Trinajstić information content (AvgIpc) is 3.19. The van der Waals surface area contributed by atoms with Crippen LogP contribution in [-0.4, -0.2) is 157 Å². The molecule has 1 aromatic carbocycles. The van der Waals surface area contributed by atoms with Crippen LogP contribution in [0.2, 0.25) is 0 Å². The second-order valence-corrected chi connectivity index (χ2v) is 19.3. The number of hydrogen-bond acceptors (Lipinski definition) is 17. The van der Waals surface area contributed by atoms with Crippen LogP contribution in [0.4, 0.5) is 4.79 Å². The summed E-state index contributed by atoms with van der Waals surface area (Å²) in [5.74, 6) is -4.16. The molecule has 63 heavy (non-hydrogen) atoms. The number of alkyl carbamates (subject to hydrolysis) is 1. The van der Waals surface area contributed by atoms with Crippen LogP contribution in [0.1, 0.15) is 79.8 Å². The maximum atomic E-state index is 15.1. The minimum atomic E-state index is -1.98. The summed E-state index contributed by atoms with van der Waals surface area (Å²) in [5.41, 5.74) is -6.94. The number of fused-ring (bicyclic) bond motifs is 5. The molecule has 2 saturated carbocycles. The third-order valence-corrected chi connectivity index (χ3v) is 14.0. The quantitative estimate of drug-likeness (QED) is 0.0827. The summed E-state index contributed by atoms with van der Waals surface area (Å²) in [7, 11) is 0. The van der Waals surface area contributed by atoms with E-state index in [1.165, 1.54) is 0 Å². The van der Waals surface area contributed by atoms with E-state index >= 15 is 4.79 Å². The predicted octanol–water partition coefficient (Wildman–Crippen LogP) is 0.454. The van der Waals surface area contributed by atoms with Crippen molar-refractivity contribution in [1.82, 2.24) is 5.32 Å². The Balaban J connectivity index is 0.00000748. The fraction of sp³-hybridized carbons (Fsp3) is 0.705. The van der Waals surface area contributed by atoms with Gasteiger partial charge in [0.2, 0.25) is 0 Å². The molecule has 5 aliphatic rings. The van der Waals surface area contributed by atoms with Crippen molar-refractivity contribution in [2.45, 2.75) is 152 Å². The number of aliphatic hydroxyl groups excluding tert-OH is 6. The summed E-state index contributed by atoms with van der Waals surface area (Å²) in [5, 5.41) is 92.4. The van der Waals surface area contributed by atoms with E-state index in [0.29, 0.717) is 5.56 Å². The smallest absolute Gasteiger partial charge is 0.408 e. The monoisotopic (exact) mass is 1100 g/mol. The third-order valence-electron chi connectivity index (χ3n) is 14.0. The summed E-state index contributed by atoms with van der Waals surface area (Å²) < 4.78 is 34.6. The number of rotatable bonds is 11. The van der Waals surface area contributed by atoms with Gasteiger partial charge in [-0.15, -0.1) is 0 Å². The Labute approximate surface area is 402 Å². The van der Waals surface area contributed by atoms with E-state index in [-0.39, 0.29) is 80.4 Å². The number of ketones is 1. The van der Waals surface area contributed by atoms with Crippen molar-refractivity contribution in [3.05, 3.63) is 59.4 Å². The number of nitrogens with one attached hydrogen (secondary N) is 1. The van der Waals surface area contributed by atoms with Crippen LogP contribution >= 0.6 is 0 Å². The van der Waals surface area contributed by atoms with Gasteiger partial charge in [-0.1, -0.05) is 57.7 Å². The average molecular weight is 1100 g/mol. The number of benzene rings is 1. The topological polar surface area (TPSA) is 280 Å². The largest absolute Gasteiger partial charge is 0.492 e. The Morgan fingerprint density at radius 1 is 1.02 bits per heavy atom. The molecule has 1 amide bonds. The van der Waals surface area contributed by atoms with Gasteiger partial charge in [-0.3, -0.25) is 4.79 Å². The second-order valence-electron chi connectivity index (χ2n) is 19.3. The van der Waals surface area contributed by atoms with Crippen molar-refractivity contribution in [2.24, 2.45) is 22.7 Å². The van der Waals surface area contributed by atoms with Crippen molar-refractivity contribution in [1.29, 1.82) is 0 Å². The summed E-state index contributed by atoms with van der Waals surface area (Å²) in [6, 6.07) is 6.91. The molecule has 2 bridgehead atoms. The zero-order chi connectivity index (χ0) is 46.1. The fourth-order valence-corrected chi connectivity index (χ4v) is 10.7. The number of ether oxygens (including phenoxy) is 6. The van der Waals surface area contributed by atoms with E-state index < -0.39 is 138 Å². The molecule has 9 N–H and O–H groups in total. The van der Waals surface area contributed by atoms with Gasteiger partial charge in [0.25, 0.3) is 0 Å². The van der Waals surface area contributed by atoms with E-state index in [0.717, 1.165) is 0 Å². The number of aliphatic hydroxyl groups is 8. The molecule has 3 aliphatic carbocycles. The van der Waals surface area contributed by atoms with Crippen molar-refractivity contribution >= 4 is 17.8 Å². The van der Waals surface area contributed by atoms with Gasteiger partial charge in [0.15, 0.2) is 18.2 Å². The first-order valence-corrected chi connectivity index (χ1v) is 20.9. The Morgan fingerprint density at radius 3 is 2.22 bits per heavy atom. The van der Waals surface area contributed by atoms with Crippen molar-refractivity contribution in [3.63, 3.8) is 0 Å². The van der Waals surface area contributed by atoms with Gasteiger partial charge >= 0.3 is 12.1 Å².